The van der Waals surface area contributed by atoms with Crippen LogP contribution in [0.2, 0.25) is 0 Å². The lowest BCUT2D eigenvalue weighted by Crippen LogP contribution is -2.77. The molecule has 4 fully saturated rings. The Balaban J connectivity index is 1.61. The van der Waals surface area contributed by atoms with E-state index in [2.05, 4.69) is 0 Å². The first-order valence-electron chi connectivity index (χ1n) is 8.53. The molecule has 0 saturated heterocycles. The van der Waals surface area contributed by atoms with Crippen molar-refractivity contribution in [2.24, 2.45) is 29.1 Å². The van der Waals surface area contributed by atoms with E-state index in [0.717, 1.165) is 24.8 Å². The van der Waals surface area contributed by atoms with E-state index in [1.165, 1.54) is 12.1 Å². The average Bonchev–Trinajstić information content (AvgIpc) is 2.93. The number of fused-ring (bicyclic) bond motifs is 1. The van der Waals surface area contributed by atoms with E-state index < -0.39 is 11.6 Å². The SMILES string of the molecule is CC1(O)C2CC3C(CC(=O)O)(c4ccc(F)cc4)C4CC1C34C2. The number of hydrogen-bond donors (Lipinski definition) is 2. The van der Waals surface area contributed by atoms with Gasteiger partial charge in [-0.1, -0.05) is 12.1 Å². The minimum atomic E-state index is -0.776. The Morgan fingerprint density at radius 1 is 1.22 bits per heavy atom. The van der Waals surface area contributed by atoms with E-state index in [1.807, 2.05) is 6.92 Å². The average molecular weight is 316 g/mol. The van der Waals surface area contributed by atoms with Crippen LogP contribution in [0, 0.1) is 34.9 Å². The van der Waals surface area contributed by atoms with Gasteiger partial charge in [-0.05, 0) is 73.0 Å². The molecule has 122 valence electrons. The topological polar surface area (TPSA) is 57.5 Å². The smallest absolute Gasteiger partial charge is 0.304 e. The van der Waals surface area contributed by atoms with E-state index in [0.29, 0.717) is 23.7 Å². The Morgan fingerprint density at radius 2 is 1.87 bits per heavy atom. The standard InChI is InChI=1S/C19H21FO3/c1-17(23)11-6-14-18(9-16(21)22,10-2-4-12(20)5-3-10)15-7-13(17)19(14,15)8-11/h2-5,11,13-15,23H,6-9H2,1H3,(H,21,22). The molecule has 0 aromatic heterocycles. The van der Waals surface area contributed by atoms with Crippen LogP contribution in [0.4, 0.5) is 4.39 Å². The summed E-state index contributed by atoms with van der Waals surface area (Å²) in [6.45, 7) is 1.97. The summed E-state index contributed by atoms with van der Waals surface area (Å²) >= 11 is 0. The van der Waals surface area contributed by atoms with Gasteiger partial charge in [-0.2, -0.15) is 0 Å². The van der Waals surface area contributed by atoms with Crippen LogP contribution in [-0.2, 0) is 10.2 Å². The van der Waals surface area contributed by atoms with Crippen molar-refractivity contribution in [1.82, 2.24) is 0 Å². The van der Waals surface area contributed by atoms with Gasteiger partial charge in [-0.3, -0.25) is 4.79 Å². The van der Waals surface area contributed by atoms with Crippen molar-refractivity contribution in [3.8, 4) is 0 Å². The third-order valence-corrected chi connectivity index (χ3v) is 8.14. The number of aliphatic carboxylic acids is 1. The minimum Gasteiger partial charge on any atom is -0.481 e. The minimum absolute atomic E-state index is 0.122. The molecule has 5 rings (SSSR count). The number of rotatable bonds is 3. The predicted molar refractivity (Wildman–Crippen MR) is 81.2 cm³/mol. The predicted octanol–water partition coefficient (Wildman–Crippen LogP) is 2.97. The quantitative estimate of drug-likeness (QED) is 0.901. The van der Waals surface area contributed by atoms with Crippen molar-refractivity contribution in [3.05, 3.63) is 35.6 Å². The molecule has 2 N–H and O–H groups in total. The monoisotopic (exact) mass is 316 g/mol. The van der Waals surface area contributed by atoms with Gasteiger partial charge in [0.05, 0.1) is 12.0 Å². The molecule has 0 heterocycles. The van der Waals surface area contributed by atoms with Gasteiger partial charge in [0, 0.05) is 5.41 Å². The van der Waals surface area contributed by atoms with Gasteiger partial charge in [0.2, 0.25) is 0 Å². The lowest BCUT2D eigenvalue weighted by atomic mass is 9.25. The number of halogens is 1. The zero-order valence-electron chi connectivity index (χ0n) is 13.1. The van der Waals surface area contributed by atoms with Gasteiger partial charge in [0.15, 0.2) is 0 Å². The first-order valence-corrected chi connectivity index (χ1v) is 8.53. The Morgan fingerprint density at radius 3 is 2.48 bits per heavy atom. The Kier molecular flexibility index (Phi) is 2.31. The first-order chi connectivity index (χ1) is 10.8. The van der Waals surface area contributed by atoms with Gasteiger partial charge in [0.1, 0.15) is 5.82 Å². The molecule has 7 unspecified atom stereocenters. The van der Waals surface area contributed by atoms with Crippen LogP contribution in [0.5, 0.6) is 0 Å². The molecule has 4 aliphatic carbocycles. The molecule has 1 aromatic rings. The van der Waals surface area contributed by atoms with Crippen molar-refractivity contribution in [3.63, 3.8) is 0 Å². The van der Waals surface area contributed by atoms with Gasteiger partial charge < -0.3 is 10.2 Å². The molecule has 0 aliphatic heterocycles. The Labute approximate surface area is 134 Å². The molecule has 4 saturated carbocycles. The van der Waals surface area contributed by atoms with E-state index in [4.69, 9.17) is 0 Å². The number of hydrogen-bond acceptors (Lipinski definition) is 2. The number of benzene rings is 1. The second-order valence-electron chi connectivity index (χ2n) is 8.49. The highest BCUT2D eigenvalue weighted by molar-refractivity contribution is 5.71. The van der Waals surface area contributed by atoms with Crippen molar-refractivity contribution < 1.29 is 19.4 Å². The van der Waals surface area contributed by atoms with Crippen LogP contribution in [0.15, 0.2) is 24.3 Å². The summed E-state index contributed by atoms with van der Waals surface area (Å²) in [6.07, 6.45) is 2.98. The summed E-state index contributed by atoms with van der Waals surface area (Å²) in [5.74, 6) is 0.207. The molecular formula is C19H21FO3. The van der Waals surface area contributed by atoms with Crippen molar-refractivity contribution in [2.45, 2.75) is 43.6 Å². The summed E-state index contributed by atoms with van der Waals surface area (Å²) in [5, 5.41) is 20.3. The van der Waals surface area contributed by atoms with E-state index in [-0.39, 0.29) is 23.1 Å². The molecule has 4 heteroatoms. The maximum Gasteiger partial charge on any atom is 0.304 e. The van der Waals surface area contributed by atoms with Crippen LogP contribution in [-0.4, -0.2) is 21.8 Å². The highest BCUT2D eigenvalue weighted by atomic mass is 19.1. The molecule has 0 radical (unpaired) electrons. The highest BCUT2D eigenvalue weighted by Crippen LogP contribution is 2.89. The van der Waals surface area contributed by atoms with E-state index in [1.54, 1.807) is 12.1 Å². The third kappa shape index (κ3) is 1.28. The van der Waals surface area contributed by atoms with Crippen LogP contribution >= 0.6 is 0 Å². The summed E-state index contributed by atoms with van der Waals surface area (Å²) in [4.78, 5) is 11.6. The molecule has 2 bridgehead atoms. The molecule has 4 aliphatic rings. The fraction of sp³-hybridized carbons (Fsp3) is 0.632. The lowest BCUT2D eigenvalue weighted by Gasteiger charge is -2.78. The first kappa shape index (κ1) is 14.0. The maximum atomic E-state index is 13.3. The third-order valence-electron chi connectivity index (χ3n) is 8.14. The number of aliphatic hydroxyl groups is 1. The summed E-state index contributed by atoms with van der Waals surface area (Å²) in [6, 6.07) is 6.46. The Bertz CT molecular complexity index is 712. The van der Waals surface area contributed by atoms with Crippen LogP contribution in [0.3, 0.4) is 0 Å². The van der Waals surface area contributed by atoms with Gasteiger partial charge in [-0.15, -0.1) is 0 Å². The molecule has 1 spiro atoms. The zero-order valence-corrected chi connectivity index (χ0v) is 13.1. The van der Waals surface area contributed by atoms with Crippen molar-refractivity contribution in [2.75, 3.05) is 0 Å². The fourth-order valence-corrected chi connectivity index (χ4v) is 7.48. The van der Waals surface area contributed by atoms with Crippen LogP contribution in [0.1, 0.15) is 38.2 Å². The van der Waals surface area contributed by atoms with Gasteiger partial charge in [0.25, 0.3) is 0 Å². The van der Waals surface area contributed by atoms with E-state index >= 15 is 0 Å². The number of carboxylic acids is 1. The van der Waals surface area contributed by atoms with Crippen LogP contribution in [0.25, 0.3) is 0 Å². The van der Waals surface area contributed by atoms with Gasteiger partial charge in [-0.25, -0.2) is 4.39 Å². The second kappa shape index (κ2) is 3.80. The lowest BCUT2D eigenvalue weighted by molar-refractivity contribution is -0.290. The second-order valence-corrected chi connectivity index (χ2v) is 8.49. The molecule has 1 aromatic carbocycles. The van der Waals surface area contributed by atoms with Crippen molar-refractivity contribution in [1.29, 1.82) is 0 Å². The fourth-order valence-electron chi connectivity index (χ4n) is 7.48. The maximum absolute atomic E-state index is 13.3. The van der Waals surface area contributed by atoms with Gasteiger partial charge >= 0.3 is 5.97 Å². The number of carbonyl (C=O) groups is 1. The largest absolute Gasteiger partial charge is 0.481 e. The molecule has 3 nitrogen and oxygen atoms in total. The van der Waals surface area contributed by atoms with Crippen LogP contribution < -0.4 is 0 Å². The molecule has 0 amide bonds. The zero-order chi connectivity index (χ0) is 16.2. The van der Waals surface area contributed by atoms with E-state index in [9.17, 15) is 19.4 Å². The molecule has 23 heavy (non-hydrogen) atoms. The summed E-state index contributed by atoms with van der Waals surface area (Å²) in [5.41, 5.74) is 0.192. The van der Waals surface area contributed by atoms with Crippen molar-refractivity contribution >= 4 is 5.97 Å². The summed E-state index contributed by atoms with van der Waals surface area (Å²) in [7, 11) is 0. The Hall–Kier alpha value is -1.42. The normalized spacial score (nSPS) is 51.8. The number of carboxylic acid groups (broad SMARTS) is 1. The molecular weight excluding hydrogens is 295 g/mol. The highest BCUT2D eigenvalue weighted by Gasteiger charge is 2.87. The summed E-state index contributed by atoms with van der Waals surface area (Å²) < 4.78 is 13.3. The molecule has 7 atom stereocenters.